The molecule has 0 aliphatic carbocycles. The third kappa shape index (κ3) is 4.97. The van der Waals surface area contributed by atoms with E-state index in [1.807, 2.05) is 60.5 Å². The third-order valence-electron chi connectivity index (χ3n) is 4.26. The molecule has 25 heavy (non-hydrogen) atoms. The van der Waals surface area contributed by atoms with Gasteiger partial charge in [0.2, 0.25) is 0 Å². The third-order valence-corrected chi connectivity index (χ3v) is 4.26. The van der Waals surface area contributed by atoms with Crippen molar-refractivity contribution in [3.8, 4) is 0 Å². The summed E-state index contributed by atoms with van der Waals surface area (Å²) in [6.07, 6.45) is 0. The van der Waals surface area contributed by atoms with E-state index in [2.05, 4.69) is 24.1 Å². The first-order chi connectivity index (χ1) is 12.1. The number of carbonyl (C=O) groups is 1. The molecule has 0 fully saturated rings. The summed E-state index contributed by atoms with van der Waals surface area (Å²) >= 11 is 0. The Balaban J connectivity index is 2.02. The Kier molecular flexibility index (Phi) is 6.83. The highest BCUT2D eigenvalue weighted by atomic mass is 16.3. The van der Waals surface area contributed by atoms with E-state index in [9.17, 15) is 4.79 Å². The molecule has 0 aromatic heterocycles. The minimum atomic E-state index is -0.123. The zero-order valence-electron chi connectivity index (χ0n) is 15.2. The smallest absolute Gasteiger partial charge is 0.255 e. The topological polar surface area (TPSA) is 55.8 Å². The molecule has 1 amide bonds. The Morgan fingerprint density at radius 3 is 2.04 bits per heavy atom. The van der Waals surface area contributed by atoms with Gasteiger partial charge in [0.15, 0.2) is 0 Å². The first kappa shape index (κ1) is 18.8. The molecule has 0 aliphatic rings. The molecule has 134 valence electrons. The summed E-state index contributed by atoms with van der Waals surface area (Å²) in [6, 6.07) is 15.3. The molecule has 0 bridgehead atoms. The fourth-order valence-electron chi connectivity index (χ4n) is 2.69. The fourth-order valence-corrected chi connectivity index (χ4v) is 2.69. The highest BCUT2D eigenvalue weighted by Crippen LogP contribution is 2.19. The average molecular weight is 341 g/mol. The molecule has 5 heteroatoms. The Bertz CT molecular complexity index is 664. The fraction of sp³-hybridized carbons (Fsp3) is 0.350. The van der Waals surface area contributed by atoms with Crippen LogP contribution in [0.2, 0.25) is 0 Å². The molecule has 0 atom stereocenters. The maximum atomic E-state index is 12.4. The van der Waals surface area contributed by atoms with Crippen LogP contribution in [0.4, 0.5) is 17.1 Å². The highest BCUT2D eigenvalue weighted by Gasteiger charge is 2.08. The van der Waals surface area contributed by atoms with Gasteiger partial charge in [-0.15, -0.1) is 0 Å². The lowest BCUT2D eigenvalue weighted by Crippen LogP contribution is -2.22. The Morgan fingerprint density at radius 2 is 1.52 bits per heavy atom. The second-order valence-electron chi connectivity index (χ2n) is 5.87. The van der Waals surface area contributed by atoms with Gasteiger partial charge in [0.25, 0.3) is 5.91 Å². The van der Waals surface area contributed by atoms with Crippen LogP contribution in [0, 0.1) is 0 Å². The van der Waals surface area contributed by atoms with Gasteiger partial charge in [-0.1, -0.05) is 0 Å². The zero-order chi connectivity index (χ0) is 18.2. The molecule has 5 nitrogen and oxygen atoms in total. The van der Waals surface area contributed by atoms with Crippen LogP contribution in [0.3, 0.4) is 0 Å². The minimum Gasteiger partial charge on any atom is -0.395 e. The van der Waals surface area contributed by atoms with E-state index in [-0.39, 0.29) is 12.5 Å². The van der Waals surface area contributed by atoms with E-state index in [0.717, 1.165) is 30.2 Å². The molecule has 0 aliphatic heterocycles. The number of nitrogens with zero attached hydrogens (tertiary/aromatic N) is 2. The lowest BCUT2D eigenvalue weighted by atomic mass is 10.1. The lowest BCUT2D eigenvalue weighted by molar-refractivity contribution is 0.102. The summed E-state index contributed by atoms with van der Waals surface area (Å²) in [6.45, 7) is 6.80. The van der Waals surface area contributed by atoms with Gasteiger partial charge in [-0.25, -0.2) is 0 Å². The minimum absolute atomic E-state index is 0.110. The summed E-state index contributed by atoms with van der Waals surface area (Å²) in [7, 11) is 1.92. The van der Waals surface area contributed by atoms with Crippen molar-refractivity contribution in [2.75, 3.05) is 48.4 Å². The van der Waals surface area contributed by atoms with Crippen molar-refractivity contribution < 1.29 is 9.90 Å². The first-order valence-corrected chi connectivity index (χ1v) is 8.67. The Morgan fingerprint density at radius 1 is 0.960 bits per heavy atom. The van der Waals surface area contributed by atoms with Crippen LogP contribution < -0.4 is 15.1 Å². The number of carbonyl (C=O) groups excluding carboxylic acids is 1. The maximum absolute atomic E-state index is 12.4. The number of benzene rings is 2. The number of anilines is 3. The normalized spacial score (nSPS) is 10.4. The quantitative estimate of drug-likeness (QED) is 0.774. The van der Waals surface area contributed by atoms with Crippen molar-refractivity contribution in [2.24, 2.45) is 0 Å². The number of rotatable bonds is 8. The van der Waals surface area contributed by atoms with Crippen LogP contribution in [-0.4, -0.2) is 44.3 Å². The summed E-state index contributed by atoms with van der Waals surface area (Å²) in [5.41, 5.74) is 3.50. The standard InChI is InChI=1S/C20H27N3O2/c1-4-23(5-2)19-10-6-16(7-11-19)20(25)21-17-8-12-18(13-9-17)22(3)14-15-24/h6-13,24H,4-5,14-15H2,1-3H3,(H,21,25). The molecule has 0 spiro atoms. The van der Waals surface area contributed by atoms with Gasteiger partial charge < -0.3 is 20.2 Å². The van der Waals surface area contributed by atoms with Crippen molar-refractivity contribution in [2.45, 2.75) is 13.8 Å². The van der Waals surface area contributed by atoms with E-state index in [4.69, 9.17) is 5.11 Å². The van der Waals surface area contributed by atoms with Crippen LogP contribution >= 0.6 is 0 Å². The lowest BCUT2D eigenvalue weighted by Gasteiger charge is -2.21. The van der Waals surface area contributed by atoms with Crippen LogP contribution in [0.25, 0.3) is 0 Å². The molecule has 2 rings (SSSR count). The van der Waals surface area contributed by atoms with Gasteiger partial charge in [-0.3, -0.25) is 4.79 Å². The van der Waals surface area contributed by atoms with Crippen LogP contribution in [-0.2, 0) is 0 Å². The number of likely N-dealkylation sites (N-methyl/N-ethyl adjacent to an activating group) is 1. The number of amides is 1. The Hall–Kier alpha value is -2.53. The molecule has 0 radical (unpaired) electrons. The molecule has 0 saturated carbocycles. The average Bonchev–Trinajstić information content (AvgIpc) is 2.64. The summed E-state index contributed by atoms with van der Waals surface area (Å²) < 4.78 is 0. The Labute approximate surface area is 149 Å². The predicted molar refractivity (Wildman–Crippen MR) is 105 cm³/mol. The number of nitrogens with one attached hydrogen (secondary N) is 1. The van der Waals surface area contributed by atoms with Crippen LogP contribution in [0.1, 0.15) is 24.2 Å². The first-order valence-electron chi connectivity index (χ1n) is 8.67. The van der Waals surface area contributed by atoms with Gasteiger partial charge in [0.05, 0.1) is 6.61 Å². The van der Waals surface area contributed by atoms with Gasteiger partial charge >= 0.3 is 0 Å². The molecule has 2 aromatic rings. The predicted octanol–water partition coefficient (Wildman–Crippen LogP) is 3.21. The van der Waals surface area contributed by atoms with Crippen molar-refractivity contribution in [1.82, 2.24) is 0 Å². The highest BCUT2D eigenvalue weighted by molar-refractivity contribution is 6.04. The van der Waals surface area contributed by atoms with E-state index in [0.29, 0.717) is 12.1 Å². The molecular weight excluding hydrogens is 314 g/mol. The zero-order valence-corrected chi connectivity index (χ0v) is 15.2. The number of hydrogen-bond donors (Lipinski definition) is 2. The van der Waals surface area contributed by atoms with E-state index < -0.39 is 0 Å². The summed E-state index contributed by atoms with van der Waals surface area (Å²) in [5.74, 6) is -0.123. The van der Waals surface area contributed by atoms with E-state index in [1.165, 1.54) is 0 Å². The largest absolute Gasteiger partial charge is 0.395 e. The molecule has 0 heterocycles. The van der Waals surface area contributed by atoms with Gasteiger partial charge in [0.1, 0.15) is 0 Å². The summed E-state index contributed by atoms with van der Waals surface area (Å²) in [5, 5.41) is 11.9. The maximum Gasteiger partial charge on any atom is 0.255 e. The summed E-state index contributed by atoms with van der Waals surface area (Å²) in [4.78, 5) is 16.6. The van der Waals surface area contributed by atoms with Gasteiger partial charge in [-0.05, 0) is 62.4 Å². The SMILES string of the molecule is CCN(CC)c1ccc(C(=O)Nc2ccc(N(C)CCO)cc2)cc1. The molecule has 2 N–H and O–H groups in total. The van der Waals surface area contributed by atoms with Crippen LogP contribution in [0.15, 0.2) is 48.5 Å². The molecule has 0 unspecified atom stereocenters. The monoisotopic (exact) mass is 341 g/mol. The van der Waals surface area contributed by atoms with Gasteiger partial charge in [0, 0.05) is 49.3 Å². The second-order valence-corrected chi connectivity index (χ2v) is 5.87. The van der Waals surface area contributed by atoms with Crippen molar-refractivity contribution >= 4 is 23.0 Å². The van der Waals surface area contributed by atoms with Crippen molar-refractivity contribution in [1.29, 1.82) is 0 Å². The number of aliphatic hydroxyl groups excluding tert-OH is 1. The molecule has 2 aromatic carbocycles. The molecule has 0 saturated heterocycles. The van der Waals surface area contributed by atoms with Crippen LogP contribution in [0.5, 0.6) is 0 Å². The van der Waals surface area contributed by atoms with Crippen molar-refractivity contribution in [3.63, 3.8) is 0 Å². The second kappa shape index (κ2) is 9.08. The van der Waals surface area contributed by atoms with Gasteiger partial charge in [-0.2, -0.15) is 0 Å². The number of aliphatic hydroxyl groups is 1. The van der Waals surface area contributed by atoms with E-state index >= 15 is 0 Å². The van der Waals surface area contributed by atoms with Crippen molar-refractivity contribution in [3.05, 3.63) is 54.1 Å². The van der Waals surface area contributed by atoms with E-state index in [1.54, 1.807) is 0 Å². The molecular formula is C20H27N3O2. The number of hydrogen-bond acceptors (Lipinski definition) is 4.